The van der Waals surface area contributed by atoms with Crippen molar-refractivity contribution in [1.82, 2.24) is 10.1 Å². The Kier molecular flexibility index (Phi) is 5.00. The Labute approximate surface area is 142 Å². The minimum absolute atomic E-state index is 0.301. The number of nitrogens with zero attached hydrogens (tertiary/aromatic N) is 2. The highest BCUT2D eigenvalue weighted by atomic mass is 16.5. The van der Waals surface area contributed by atoms with Gasteiger partial charge >= 0.3 is 5.97 Å². The van der Waals surface area contributed by atoms with Crippen LogP contribution in [0.1, 0.15) is 66.0 Å². The molecule has 1 aromatic heterocycles. The first kappa shape index (κ1) is 16.7. The number of hydrogen-bond donors (Lipinski definition) is 0. The van der Waals surface area contributed by atoms with Crippen LogP contribution in [0.4, 0.5) is 0 Å². The number of carbonyl (C=O) groups is 1. The molecule has 3 rings (SSSR count). The van der Waals surface area contributed by atoms with Crippen molar-refractivity contribution in [3.63, 3.8) is 0 Å². The minimum atomic E-state index is -0.301. The van der Waals surface area contributed by atoms with Crippen LogP contribution in [0, 0.1) is 0 Å². The lowest BCUT2D eigenvalue weighted by Gasteiger charge is -2.22. The number of aromatic nitrogens is 1. The van der Waals surface area contributed by atoms with Crippen molar-refractivity contribution >= 4 is 5.97 Å². The third kappa shape index (κ3) is 3.51. The van der Waals surface area contributed by atoms with Gasteiger partial charge in [0.25, 0.3) is 0 Å². The van der Waals surface area contributed by atoms with Crippen LogP contribution in [0.25, 0.3) is 0 Å². The van der Waals surface area contributed by atoms with Crippen molar-refractivity contribution in [3.8, 4) is 0 Å². The largest absolute Gasteiger partial charge is 0.465 e. The number of benzene rings is 1. The Hall–Kier alpha value is -2.14. The molecule has 0 aliphatic carbocycles. The summed E-state index contributed by atoms with van der Waals surface area (Å²) in [6, 6.07) is 10.0. The van der Waals surface area contributed by atoms with E-state index in [9.17, 15) is 4.79 Å². The molecular formula is C19H24N2O3. The molecule has 2 aromatic rings. The molecule has 1 aromatic carbocycles. The van der Waals surface area contributed by atoms with Crippen molar-refractivity contribution < 1.29 is 14.1 Å². The van der Waals surface area contributed by atoms with Gasteiger partial charge < -0.3 is 9.26 Å². The van der Waals surface area contributed by atoms with Crippen LogP contribution >= 0.6 is 0 Å². The molecule has 0 N–H and O–H groups in total. The lowest BCUT2D eigenvalue weighted by molar-refractivity contribution is 0.0600. The van der Waals surface area contributed by atoms with Gasteiger partial charge in [-0.15, -0.1) is 0 Å². The number of esters is 1. The average Bonchev–Trinajstić information content (AvgIpc) is 3.23. The number of rotatable bonds is 5. The molecule has 5 heteroatoms. The normalized spacial score (nSPS) is 18.2. The van der Waals surface area contributed by atoms with Gasteiger partial charge in [-0.05, 0) is 37.1 Å². The molecule has 0 bridgehead atoms. The Morgan fingerprint density at radius 2 is 2.12 bits per heavy atom. The fraction of sp³-hybridized carbons (Fsp3) is 0.474. The number of methoxy groups -OCH3 is 1. The maximum absolute atomic E-state index is 11.5. The number of ether oxygens (including phenoxy) is 1. The smallest absolute Gasteiger partial charge is 0.337 e. The van der Waals surface area contributed by atoms with E-state index in [1.807, 2.05) is 24.3 Å². The highest BCUT2D eigenvalue weighted by molar-refractivity contribution is 5.89. The van der Waals surface area contributed by atoms with E-state index in [1.54, 1.807) is 0 Å². The van der Waals surface area contributed by atoms with Crippen LogP contribution in [-0.2, 0) is 11.3 Å². The summed E-state index contributed by atoms with van der Waals surface area (Å²) in [5.74, 6) is 0.996. The topological polar surface area (TPSA) is 55.6 Å². The summed E-state index contributed by atoms with van der Waals surface area (Å²) in [5.41, 5.74) is 2.79. The van der Waals surface area contributed by atoms with Crippen LogP contribution in [0.3, 0.4) is 0 Å². The molecule has 1 fully saturated rings. The van der Waals surface area contributed by atoms with E-state index in [0.717, 1.165) is 37.4 Å². The van der Waals surface area contributed by atoms with Gasteiger partial charge in [0.1, 0.15) is 11.5 Å². The fourth-order valence-electron chi connectivity index (χ4n) is 3.18. The Morgan fingerprint density at radius 3 is 2.75 bits per heavy atom. The van der Waals surface area contributed by atoms with Crippen molar-refractivity contribution in [3.05, 3.63) is 52.9 Å². The van der Waals surface area contributed by atoms with Crippen LogP contribution in [0.15, 0.2) is 34.9 Å². The van der Waals surface area contributed by atoms with Gasteiger partial charge in [-0.25, -0.2) is 4.79 Å². The minimum Gasteiger partial charge on any atom is -0.465 e. The second kappa shape index (κ2) is 7.18. The maximum Gasteiger partial charge on any atom is 0.337 e. The average molecular weight is 328 g/mol. The first-order valence-electron chi connectivity index (χ1n) is 8.46. The van der Waals surface area contributed by atoms with E-state index in [-0.39, 0.29) is 5.97 Å². The van der Waals surface area contributed by atoms with Gasteiger partial charge in [0.2, 0.25) is 0 Å². The summed E-state index contributed by atoms with van der Waals surface area (Å²) < 4.78 is 10.2. The van der Waals surface area contributed by atoms with E-state index >= 15 is 0 Å². The van der Waals surface area contributed by atoms with E-state index in [4.69, 9.17) is 9.26 Å². The number of carbonyl (C=O) groups excluding carboxylic acids is 1. The first-order valence-corrected chi connectivity index (χ1v) is 8.46. The first-order chi connectivity index (χ1) is 11.6. The Balaban J connectivity index is 1.70. The van der Waals surface area contributed by atoms with Crippen molar-refractivity contribution in [2.75, 3.05) is 13.7 Å². The van der Waals surface area contributed by atoms with E-state index < -0.39 is 0 Å². The van der Waals surface area contributed by atoms with Crippen molar-refractivity contribution in [1.29, 1.82) is 0 Å². The zero-order valence-electron chi connectivity index (χ0n) is 14.5. The monoisotopic (exact) mass is 328 g/mol. The second-order valence-electron chi connectivity index (χ2n) is 6.63. The number of hydrogen-bond acceptors (Lipinski definition) is 5. The molecule has 0 saturated carbocycles. The molecule has 24 heavy (non-hydrogen) atoms. The van der Waals surface area contributed by atoms with Gasteiger partial charge in [0.15, 0.2) is 0 Å². The zero-order chi connectivity index (χ0) is 17.1. The van der Waals surface area contributed by atoms with Gasteiger partial charge in [-0.2, -0.15) is 0 Å². The lowest BCUT2D eigenvalue weighted by atomic mass is 10.1. The fourth-order valence-corrected chi connectivity index (χ4v) is 3.18. The third-order valence-electron chi connectivity index (χ3n) is 4.58. The summed E-state index contributed by atoms with van der Waals surface area (Å²) >= 11 is 0. The molecule has 1 saturated heterocycles. The predicted molar refractivity (Wildman–Crippen MR) is 90.8 cm³/mol. The van der Waals surface area contributed by atoms with Gasteiger partial charge in [0.05, 0.1) is 18.7 Å². The molecule has 0 radical (unpaired) electrons. The van der Waals surface area contributed by atoms with Crippen LogP contribution in [-0.4, -0.2) is 29.7 Å². The SMILES string of the molecule is COC(=O)c1ccc(CN2CCC[C@@H]2c2cc(C(C)C)on2)cc1. The third-order valence-corrected chi connectivity index (χ3v) is 4.58. The molecule has 0 amide bonds. The molecule has 128 valence electrons. The lowest BCUT2D eigenvalue weighted by Crippen LogP contribution is -2.23. The van der Waals surface area contributed by atoms with Crippen LogP contribution in [0.5, 0.6) is 0 Å². The molecule has 0 spiro atoms. The highest BCUT2D eigenvalue weighted by Gasteiger charge is 2.29. The quantitative estimate of drug-likeness (QED) is 0.779. The second-order valence-corrected chi connectivity index (χ2v) is 6.63. The van der Waals surface area contributed by atoms with Gasteiger partial charge in [-0.1, -0.05) is 31.1 Å². The Bertz CT molecular complexity index is 691. The zero-order valence-corrected chi connectivity index (χ0v) is 14.5. The Morgan fingerprint density at radius 1 is 1.38 bits per heavy atom. The van der Waals surface area contributed by atoms with E-state index in [1.165, 1.54) is 12.7 Å². The van der Waals surface area contributed by atoms with Crippen molar-refractivity contribution in [2.45, 2.75) is 45.2 Å². The molecule has 1 aliphatic heterocycles. The summed E-state index contributed by atoms with van der Waals surface area (Å²) in [5, 5.41) is 4.28. The number of likely N-dealkylation sites (tertiary alicyclic amines) is 1. The maximum atomic E-state index is 11.5. The summed E-state index contributed by atoms with van der Waals surface area (Å²) in [6.45, 7) is 6.11. The summed E-state index contributed by atoms with van der Waals surface area (Å²) in [6.07, 6.45) is 2.26. The molecule has 0 unspecified atom stereocenters. The van der Waals surface area contributed by atoms with Crippen LogP contribution < -0.4 is 0 Å². The van der Waals surface area contributed by atoms with Gasteiger partial charge in [-0.3, -0.25) is 4.90 Å². The molecule has 2 heterocycles. The summed E-state index contributed by atoms with van der Waals surface area (Å²) in [4.78, 5) is 13.9. The van der Waals surface area contributed by atoms with Gasteiger partial charge in [0, 0.05) is 18.5 Å². The molecule has 5 nitrogen and oxygen atoms in total. The van der Waals surface area contributed by atoms with E-state index in [0.29, 0.717) is 17.5 Å². The molecule has 1 atom stereocenters. The highest BCUT2D eigenvalue weighted by Crippen LogP contribution is 2.33. The van der Waals surface area contributed by atoms with Crippen LogP contribution in [0.2, 0.25) is 0 Å². The predicted octanol–water partition coefficient (Wildman–Crippen LogP) is 3.92. The molecule has 1 aliphatic rings. The summed E-state index contributed by atoms with van der Waals surface area (Å²) in [7, 11) is 1.40. The van der Waals surface area contributed by atoms with Crippen molar-refractivity contribution in [2.24, 2.45) is 0 Å². The standard InChI is InChI=1S/C19H24N2O3/c1-13(2)18-11-16(20-24-18)17-5-4-10-21(17)12-14-6-8-15(9-7-14)19(22)23-3/h6-9,11,13,17H,4-5,10,12H2,1-3H3/t17-/m1/s1. The van der Waals surface area contributed by atoms with E-state index in [2.05, 4.69) is 30.0 Å². The molecular weight excluding hydrogens is 304 g/mol.